The number of nitrogens with zero attached hydrogens (tertiary/aromatic N) is 1. The molecule has 3 aromatic carbocycles. The Kier molecular flexibility index (Phi) is 6.17. The van der Waals surface area contributed by atoms with E-state index in [4.69, 9.17) is 9.47 Å². The lowest BCUT2D eigenvalue weighted by Gasteiger charge is -2.25. The van der Waals surface area contributed by atoms with Crippen LogP contribution in [0.25, 0.3) is 5.76 Å². The molecule has 1 amide bonds. The van der Waals surface area contributed by atoms with E-state index in [9.17, 15) is 24.6 Å². The number of phenolic OH excluding ortho intramolecular Hbond substituents is 1. The highest BCUT2D eigenvalue weighted by molar-refractivity contribution is 6.46. The molecule has 0 radical (unpaired) electrons. The Hall–Kier alpha value is -4.59. The molecular weight excluding hydrogens is 474 g/mol. The lowest BCUT2D eigenvalue weighted by molar-refractivity contribution is -0.140. The Morgan fingerprint density at radius 2 is 1.70 bits per heavy atom. The number of aromatic hydroxyl groups is 1. The number of esters is 1. The fraction of sp³-hybridized carbons (Fsp3) is 0.207. The van der Waals surface area contributed by atoms with Crippen LogP contribution in [0.2, 0.25) is 0 Å². The Morgan fingerprint density at radius 1 is 1.03 bits per heavy atom. The fourth-order valence-electron chi connectivity index (χ4n) is 4.83. The molecule has 37 heavy (non-hydrogen) atoms. The molecule has 188 valence electrons. The third-order valence-corrected chi connectivity index (χ3v) is 6.65. The van der Waals surface area contributed by atoms with Gasteiger partial charge in [-0.05, 0) is 66.1 Å². The summed E-state index contributed by atoms with van der Waals surface area (Å²) in [5, 5.41) is 21.1. The molecule has 2 aliphatic heterocycles. The number of likely N-dealkylation sites (tertiary alicyclic amines) is 1. The van der Waals surface area contributed by atoms with Crippen molar-refractivity contribution in [3.8, 4) is 11.5 Å². The molecule has 3 aromatic rings. The number of methoxy groups -OCH3 is 1. The molecule has 1 fully saturated rings. The zero-order valence-corrected chi connectivity index (χ0v) is 20.3. The van der Waals surface area contributed by atoms with Gasteiger partial charge in [-0.3, -0.25) is 9.59 Å². The number of hydrogen-bond donors (Lipinski definition) is 2. The van der Waals surface area contributed by atoms with Crippen molar-refractivity contribution >= 4 is 23.4 Å². The van der Waals surface area contributed by atoms with Gasteiger partial charge >= 0.3 is 5.97 Å². The number of aliphatic hydroxyl groups is 1. The first-order chi connectivity index (χ1) is 17.8. The maximum atomic E-state index is 13.3. The standard InChI is InChI=1S/C29H25NO7/c1-16-13-21-14-20(9-12-23(21)37-16)26(32)24-25(18-7-10-22(31)11-8-18)30(28(34)27(24)33)15-17-3-5-19(6-4-17)29(35)36-2/h3-12,14,16,25,31-32H,13,15H2,1-2H3/b26-24-. The zero-order chi connectivity index (χ0) is 26.3. The molecule has 0 saturated carbocycles. The molecular formula is C29H25NO7. The van der Waals surface area contributed by atoms with Crippen LogP contribution in [0.15, 0.2) is 72.3 Å². The summed E-state index contributed by atoms with van der Waals surface area (Å²) in [7, 11) is 1.29. The summed E-state index contributed by atoms with van der Waals surface area (Å²) >= 11 is 0. The molecule has 2 atom stereocenters. The molecule has 2 unspecified atom stereocenters. The molecule has 5 rings (SSSR count). The molecule has 0 aliphatic carbocycles. The van der Waals surface area contributed by atoms with Gasteiger partial charge in [-0.15, -0.1) is 0 Å². The van der Waals surface area contributed by atoms with Gasteiger partial charge in [0.1, 0.15) is 23.4 Å². The minimum Gasteiger partial charge on any atom is -0.508 e. The second-order valence-corrected chi connectivity index (χ2v) is 9.16. The van der Waals surface area contributed by atoms with E-state index in [-0.39, 0.29) is 29.7 Å². The molecule has 0 aromatic heterocycles. The van der Waals surface area contributed by atoms with Gasteiger partial charge in [0.2, 0.25) is 0 Å². The van der Waals surface area contributed by atoms with E-state index in [1.165, 1.54) is 24.1 Å². The van der Waals surface area contributed by atoms with Crippen LogP contribution < -0.4 is 4.74 Å². The van der Waals surface area contributed by atoms with Crippen LogP contribution in [-0.2, 0) is 27.3 Å². The largest absolute Gasteiger partial charge is 0.508 e. The molecule has 8 nitrogen and oxygen atoms in total. The molecule has 8 heteroatoms. The van der Waals surface area contributed by atoms with Gasteiger partial charge in [0, 0.05) is 18.5 Å². The first-order valence-corrected chi connectivity index (χ1v) is 11.8. The molecule has 1 saturated heterocycles. The second kappa shape index (κ2) is 9.46. The van der Waals surface area contributed by atoms with Crippen molar-refractivity contribution in [3.63, 3.8) is 0 Å². The van der Waals surface area contributed by atoms with Crippen LogP contribution in [0.5, 0.6) is 11.5 Å². The predicted octanol–water partition coefficient (Wildman–Crippen LogP) is 4.12. The van der Waals surface area contributed by atoms with Crippen molar-refractivity contribution in [1.82, 2.24) is 4.90 Å². The van der Waals surface area contributed by atoms with E-state index in [1.807, 2.05) is 6.92 Å². The summed E-state index contributed by atoms with van der Waals surface area (Å²) < 4.78 is 10.5. The quantitative estimate of drug-likeness (QED) is 0.235. The minimum atomic E-state index is -0.885. The van der Waals surface area contributed by atoms with Crippen molar-refractivity contribution < 1.29 is 34.1 Å². The van der Waals surface area contributed by atoms with Crippen molar-refractivity contribution in [3.05, 3.63) is 100 Å². The number of hydrogen-bond acceptors (Lipinski definition) is 7. The number of benzene rings is 3. The Labute approximate surface area is 213 Å². The van der Waals surface area contributed by atoms with Crippen LogP contribution in [0.4, 0.5) is 0 Å². The lowest BCUT2D eigenvalue weighted by atomic mass is 9.94. The van der Waals surface area contributed by atoms with Gasteiger partial charge in [-0.25, -0.2) is 4.79 Å². The average Bonchev–Trinajstić information content (AvgIpc) is 3.39. The lowest BCUT2D eigenvalue weighted by Crippen LogP contribution is -2.29. The first-order valence-electron chi connectivity index (χ1n) is 11.8. The fourth-order valence-corrected chi connectivity index (χ4v) is 4.83. The molecule has 0 bridgehead atoms. The van der Waals surface area contributed by atoms with Gasteiger partial charge < -0.3 is 24.6 Å². The van der Waals surface area contributed by atoms with Crippen molar-refractivity contribution in [2.75, 3.05) is 7.11 Å². The number of ether oxygens (including phenoxy) is 2. The number of amides is 1. The Morgan fingerprint density at radius 3 is 2.38 bits per heavy atom. The Balaban J connectivity index is 1.57. The van der Waals surface area contributed by atoms with Gasteiger partial charge in [0.25, 0.3) is 11.7 Å². The number of carbonyl (C=O) groups is 3. The summed E-state index contributed by atoms with van der Waals surface area (Å²) in [4.78, 5) is 39.7. The number of phenols is 1. The van der Waals surface area contributed by atoms with Gasteiger partial charge in [0.05, 0.1) is 24.3 Å². The van der Waals surface area contributed by atoms with E-state index in [2.05, 4.69) is 0 Å². The maximum absolute atomic E-state index is 13.3. The highest BCUT2D eigenvalue weighted by atomic mass is 16.5. The summed E-state index contributed by atoms with van der Waals surface area (Å²) in [6.07, 6.45) is 0.689. The molecule has 2 N–H and O–H groups in total. The SMILES string of the molecule is COC(=O)c1ccc(CN2C(=O)C(=O)/C(=C(\O)c3ccc4c(c3)CC(C)O4)C2c2ccc(O)cc2)cc1. The normalized spacial score (nSPS) is 20.0. The van der Waals surface area contributed by atoms with Gasteiger partial charge in [-0.2, -0.15) is 0 Å². The summed E-state index contributed by atoms with van der Waals surface area (Å²) in [6.45, 7) is 2.01. The molecule has 2 aliphatic rings. The highest BCUT2D eigenvalue weighted by Crippen LogP contribution is 2.41. The van der Waals surface area contributed by atoms with Crippen molar-refractivity contribution in [2.45, 2.75) is 32.0 Å². The summed E-state index contributed by atoms with van der Waals surface area (Å²) in [5.41, 5.74) is 2.90. The van der Waals surface area contributed by atoms with E-state index < -0.39 is 23.7 Å². The van der Waals surface area contributed by atoms with Crippen molar-refractivity contribution in [1.29, 1.82) is 0 Å². The average molecular weight is 500 g/mol. The van der Waals surface area contributed by atoms with Gasteiger partial charge in [-0.1, -0.05) is 24.3 Å². The van der Waals surface area contributed by atoms with Crippen LogP contribution in [0.1, 0.15) is 45.6 Å². The number of aliphatic hydroxyl groups excluding tert-OH is 1. The summed E-state index contributed by atoms with van der Waals surface area (Å²) in [6, 6.07) is 17.0. The van der Waals surface area contributed by atoms with Crippen molar-refractivity contribution in [2.24, 2.45) is 0 Å². The number of ketones is 1. The number of carbonyl (C=O) groups excluding carboxylic acids is 3. The van der Waals surface area contributed by atoms with E-state index in [1.54, 1.807) is 54.6 Å². The maximum Gasteiger partial charge on any atom is 0.337 e. The van der Waals surface area contributed by atoms with E-state index in [0.29, 0.717) is 28.7 Å². The van der Waals surface area contributed by atoms with E-state index in [0.717, 1.165) is 11.3 Å². The number of Topliss-reactive ketones (excluding diaryl/α,β-unsaturated/α-hetero) is 1. The number of fused-ring (bicyclic) bond motifs is 1. The van der Waals surface area contributed by atoms with E-state index >= 15 is 0 Å². The monoisotopic (exact) mass is 499 g/mol. The second-order valence-electron chi connectivity index (χ2n) is 9.16. The zero-order valence-electron chi connectivity index (χ0n) is 20.3. The first kappa shape index (κ1) is 24.1. The predicted molar refractivity (Wildman–Crippen MR) is 134 cm³/mol. The minimum absolute atomic E-state index is 0.0144. The smallest absolute Gasteiger partial charge is 0.337 e. The highest BCUT2D eigenvalue weighted by Gasteiger charge is 2.46. The third kappa shape index (κ3) is 4.42. The third-order valence-electron chi connectivity index (χ3n) is 6.65. The molecule has 2 heterocycles. The van der Waals surface area contributed by atoms with Crippen LogP contribution in [0.3, 0.4) is 0 Å². The van der Waals surface area contributed by atoms with Gasteiger partial charge in [0.15, 0.2) is 0 Å². The summed E-state index contributed by atoms with van der Waals surface area (Å²) in [5.74, 6) is -1.55. The number of rotatable bonds is 5. The van der Waals surface area contributed by atoms with Crippen LogP contribution in [-0.4, -0.2) is 46.0 Å². The molecule has 0 spiro atoms. The Bertz CT molecular complexity index is 1420. The van der Waals surface area contributed by atoms with Crippen LogP contribution in [0, 0.1) is 0 Å². The van der Waals surface area contributed by atoms with Crippen LogP contribution >= 0.6 is 0 Å². The topological polar surface area (TPSA) is 113 Å².